The molecule has 3 nitrogen and oxygen atoms in total. The highest BCUT2D eigenvalue weighted by molar-refractivity contribution is 5.86. The van der Waals surface area contributed by atoms with Gasteiger partial charge in [-0.1, -0.05) is 165 Å². The summed E-state index contributed by atoms with van der Waals surface area (Å²) in [6.07, 6.45) is 14.2. The summed E-state index contributed by atoms with van der Waals surface area (Å²) in [4.78, 5) is 2.59. The molecule has 0 heterocycles. The summed E-state index contributed by atoms with van der Waals surface area (Å²) in [7, 11) is 0. The minimum atomic E-state index is -0.491. The van der Waals surface area contributed by atoms with Crippen LogP contribution in [0.2, 0.25) is 0 Å². The maximum absolute atomic E-state index is 9.85. The van der Waals surface area contributed by atoms with Crippen molar-refractivity contribution >= 4 is 0 Å². The fraction of sp³-hybridized carbons (Fsp3) is 0.467. The number of nitrogens with zero attached hydrogens (tertiary/aromatic N) is 1. The summed E-state index contributed by atoms with van der Waals surface area (Å²) in [5.41, 5.74) is 6.93. The summed E-state index contributed by atoms with van der Waals surface area (Å²) < 4.78 is 0. The van der Waals surface area contributed by atoms with Crippen molar-refractivity contribution in [2.75, 3.05) is 13.1 Å². The van der Waals surface area contributed by atoms with Crippen LogP contribution in [0.3, 0.4) is 0 Å². The first-order valence-corrected chi connectivity index (χ1v) is 18.8. The second kappa shape index (κ2) is 19.4. The van der Waals surface area contributed by atoms with Crippen LogP contribution in [0, 0.1) is 0 Å². The number of aromatic hydroxyl groups is 2. The second-order valence-corrected chi connectivity index (χ2v) is 13.5. The predicted octanol–water partition coefficient (Wildman–Crippen LogP) is 12.5. The van der Waals surface area contributed by atoms with Gasteiger partial charge in [-0.25, -0.2) is 0 Å². The number of fused-ring (bicyclic) bond motifs is 3. The van der Waals surface area contributed by atoms with Crippen LogP contribution in [0.15, 0.2) is 97.1 Å². The first-order valence-electron chi connectivity index (χ1n) is 18.8. The Morgan fingerprint density at radius 3 is 1.29 bits per heavy atom. The van der Waals surface area contributed by atoms with Crippen molar-refractivity contribution in [3.05, 3.63) is 119 Å². The van der Waals surface area contributed by atoms with Gasteiger partial charge in [0, 0.05) is 5.54 Å². The zero-order valence-corrected chi connectivity index (χ0v) is 31.1. The van der Waals surface area contributed by atoms with Crippen LogP contribution in [0.4, 0.5) is 0 Å². The van der Waals surface area contributed by atoms with E-state index in [4.69, 9.17) is 0 Å². The molecule has 0 saturated carbocycles. The number of phenolic OH excluding ortho intramolecular Hbond substituents is 2. The number of benzene rings is 4. The van der Waals surface area contributed by atoms with Crippen molar-refractivity contribution in [1.29, 1.82) is 0 Å². The largest absolute Gasteiger partial charge is 0.508 e. The standard InChI is InChI=1S/C25H18O2.C18H39N.C2H6/c26-19-13-9-17(10-14-19)25(18-11-15-20(27)16-12-18)23-7-3-1-5-21(23)22-6-2-4-8-24(22)25;1-6-9-10-11-12-13-14-15-16-17-18(4,5)19(7-2)8-3;1-2/h1-16,26-27H;6-17H2,1-5H3;1-2H3. The molecule has 48 heavy (non-hydrogen) atoms. The van der Waals surface area contributed by atoms with Gasteiger partial charge in [-0.15, -0.1) is 0 Å². The quantitative estimate of drug-likeness (QED) is 0.111. The Labute approximate surface area is 293 Å². The molecule has 3 heteroatoms. The van der Waals surface area contributed by atoms with Crippen molar-refractivity contribution in [2.24, 2.45) is 0 Å². The Kier molecular flexibility index (Phi) is 15.7. The van der Waals surface area contributed by atoms with Crippen molar-refractivity contribution in [1.82, 2.24) is 4.90 Å². The molecule has 0 atom stereocenters. The third kappa shape index (κ3) is 9.32. The van der Waals surface area contributed by atoms with Crippen molar-refractivity contribution in [3.8, 4) is 22.6 Å². The lowest BCUT2D eigenvalue weighted by Gasteiger charge is -2.37. The maximum Gasteiger partial charge on any atom is 0.115 e. The minimum Gasteiger partial charge on any atom is -0.508 e. The van der Waals surface area contributed by atoms with Gasteiger partial charge in [-0.05, 0) is 91.0 Å². The van der Waals surface area contributed by atoms with Gasteiger partial charge in [0.05, 0.1) is 5.41 Å². The van der Waals surface area contributed by atoms with E-state index in [1.54, 1.807) is 24.3 Å². The van der Waals surface area contributed by atoms with Crippen LogP contribution < -0.4 is 0 Å². The number of hydrogen-bond donors (Lipinski definition) is 2. The molecule has 2 N–H and O–H groups in total. The van der Waals surface area contributed by atoms with Gasteiger partial charge in [0.15, 0.2) is 0 Å². The normalized spacial score (nSPS) is 12.8. The first-order chi connectivity index (χ1) is 23.3. The molecule has 0 fully saturated rings. The van der Waals surface area contributed by atoms with Gasteiger partial charge in [-0.2, -0.15) is 0 Å². The Hall–Kier alpha value is -3.56. The van der Waals surface area contributed by atoms with Crippen LogP contribution in [0.5, 0.6) is 11.5 Å². The molecule has 1 aliphatic carbocycles. The fourth-order valence-corrected chi connectivity index (χ4v) is 7.55. The molecule has 260 valence electrons. The summed E-state index contributed by atoms with van der Waals surface area (Å²) in [6, 6.07) is 31.9. The molecule has 4 aromatic rings. The van der Waals surface area contributed by atoms with Crippen molar-refractivity contribution < 1.29 is 10.2 Å². The van der Waals surface area contributed by atoms with E-state index in [1.165, 1.54) is 99.6 Å². The van der Waals surface area contributed by atoms with Crippen LogP contribution in [-0.2, 0) is 5.41 Å². The molecule has 0 bridgehead atoms. The summed E-state index contributed by atoms with van der Waals surface area (Å²) in [6.45, 7) is 18.0. The number of unbranched alkanes of at least 4 members (excludes halogenated alkanes) is 8. The highest BCUT2D eigenvalue weighted by atomic mass is 16.3. The fourth-order valence-electron chi connectivity index (χ4n) is 7.55. The second-order valence-electron chi connectivity index (χ2n) is 13.5. The molecule has 1 aliphatic rings. The van der Waals surface area contributed by atoms with Crippen LogP contribution in [0.25, 0.3) is 11.1 Å². The van der Waals surface area contributed by atoms with Gasteiger partial charge in [0.2, 0.25) is 0 Å². The smallest absolute Gasteiger partial charge is 0.115 e. The molecule has 5 rings (SSSR count). The monoisotopic (exact) mass is 649 g/mol. The third-order valence-corrected chi connectivity index (χ3v) is 10.1. The summed E-state index contributed by atoms with van der Waals surface area (Å²) in [5, 5.41) is 19.7. The molecular formula is C45H63NO2. The minimum absolute atomic E-state index is 0.249. The highest BCUT2D eigenvalue weighted by Crippen LogP contribution is 2.56. The number of rotatable bonds is 15. The van der Waals surface area contributed by atoms with Gasteiger partial charge in [0.25, 0.3) is 0 Å². The molecule has 4 aromatic carbocycles. The lowest BCUT2D eigenvalue weighted by atomic mass is 9.68. The lowest BCUT2D eigenvalue weighted by molar-refractivity contribution is 0.122. The zero-order chi connectivity index (χ0) is 35.0. The number of phenols is 2. The molecule has 0 saturated heterocycles. The van der Waals surface area contributed by atoms with E-state index in [1.807, 2.05) is 38.1 Å². The first kappa shape index (κ1) is 38.9. The molecule has 0 spiro atoms. The molecule has 0 radical (unpaired) electrons. The zero-order valence-electron chi connectivity index (χ0n) is 31.1. The van der Waals surface area contributed by atoms with Crippen molar-refractivity contribution in [2.45, 2.75) is 124 Å². The predicted molar refractivity (Wildman–Crippen MR) is 207 cm³/mol. The third-order valence-electron chi connectivity index (χ3n) is 10.1. The van der Waals surface area contributed by atoms with E-state index in [0.29, 0.717) is 5.54 Å². The van der Waals surface area contributed by atoms with E-state index in [9.17, 15) is 10.2 Å². The van der Waals surface area contributed by atoms with E-state index in [2.05, 4.69) is 88.0 Å². The van der Waals surface area contributed by atoms with Gasteiger partial charge in [-0.3, -0.25) is 4.90 Å². The van der Waals surface area contributed by atoms with E-state index in [0.717, 1.165) is 11.1 Å². The van der Waals surface area contributed by atoms with Gasteiger partial charge in [0.1, 0.15) is 11.5 Å². The molecule has 0 aromatic heterocycles. The van der Waals surface area contributed by atoms with E-state index < -0.39 is 5.41 Å². The molecule has 0 aliphatic heterocycles. The topological polar surface area (TPSA) is 43.7 Å². The SMILES string of the molecule is CC.CCCCCCCCCCCC(C)(C)N(CC)CC.Oc1ccc(C2(c3ccc(O)cc3)c3ccccc3-c3ccccc32)cc1. The molecule has 0 unspecified atom stereocenters. The average Bonchev–Trinajstić information content (AvgIpc) is 3.41. The Bertz CT molecular complexity index is 1370. The Morgan fingerprint density at radius 2 is 0.896 bits per heavy atom. The molecular weight excluding hydrogens is 587 g/mol. The van der Waals surface area contributed by atoms with Gasteiger partial charge < -0.3 is 10.2 Å². The van der Waals surface area contributed by atoms with Crippen LogP contribution in [0.1, 0.15) is 135 Å². The summed E-state index contributed by atoms with van der Waals surface area (Å²) in [5.74, 6) is 0.498. The summed E-state index contributed by atoms with van der Waals surface area (Å²) >= 11 is 0. The Balaban J connectivity index is 0.000000265. The van der Waals surface area contributed by atoms with Gasteiger partial charge >= 0.3 is 0 Å². The van der Waals surface area contributed by atoms with Crippen molar-refractivity contribution in [3.63, 3.8) is 0 Å². The lowest BCUT2D eigenvalue weighted by Crippen LogP contribution is -2.43. The van der Waals surface area contributed by atoms with Crippen LogP contribution >= 0.6 is 0 Å². The van der Waals surface area contributed by atoms with E-state index >= 15 is 0 Å². The Morgan fingerprint density at radius 1 is 0.521 bits per heavy atom. The number of hydrogen-bond acceptors (Lipinski definition) is 3. The molecule has 0 amide bonds. The highest BCUT2D eigenvalue weighted by Gasteiger charge is 2.45. The maximum atomic E-state index is 9.85. The average molecular weight is 650 g/mol. The van der Waals surface area contributed by atoms with Crippen LogP contribution in [-0.4, -0.2) is 33.7 Å². The van der Waals surface area contributed by atoms with E-state index in [-0.39, 0.29) is 11.5 Å².